The molecule has 0 amide bonds. The van der Waals surface area contributed by atoms with Crippen molar-refractivity contribution in [1.29, 1.82) is 0 Å². The lowest BCUT2D eigenvalue weighted by atomic mass is 9.94. The van der Waals surface area contributed by atoms with Crippen LogP contribution in [0.3, 0.4) is 0 Å². The molecular formula is C17H29N. The Morgan fingerprint density at radius 2 is 1.61 bits per heavy atom. The van der Waals surface area contributed by atoms with E-state index < -0.39 is 0 Å². The fourth-order valence-electron chi connectivity index (χ4n) is 3.11. The van der Waals surface area contributed by atoms with Crippen LogP contribution in [0.4, 0.5) is 0 Å². The summed E-state index contributed by atoms with van der Waals surface area (Å²) in [6.07, 6.45) is 5.94. The standard InChI is InChI=1S/C15H23N.C2H6/c1-5-11-12(6-2)14(7-3)16-15-10(4)8-9-13(11)15;1-2/h10H,5-9H2,1-4H3;1-2H3. The van der Waals surface area contributed by atoms with Crippen molar-refractivity contribution >= 4 is 0 Å². The van der Waals surface area contributed by atoms with E-state index >= 15 is 0 Å². The number of aryl methyl sites for hydroxylation is 1. The highest BCUT2D eigenvalue weighted by Crippen LogP contribution is 2.36. The van der Waals surface area contributed by atoms with Gasteiger partial charge in [-0.25, -0.2) is 0 Å². The van der Waals surface area contributed by atoms with Crippen molar-refractivity contribution in [2.24, 2.45) is 0 Å². The van der Waals surface area contributed by atoms with Crippen LogP contribution in [-0.4, -0.2) is 4.98 Å². The van der Waals surface area contributed by atoms with Crippen molar-refractivity contribution in [3.8, 4) is 0 Å². The Labute approximate surface area is 113 Å². The van der Waals surface area contributed by atoms with Gasteiger partial charge in [0, 0.05) is 11.4 Å². The summed E-state index contributed by atoms with van der Waals surface area (Å²) in [7, 11) is 0. The summed E-state index contributed by atoms with van der Waals surface area (Å²) in [5.41, 5.74) is 7.51. The van der Waals surface area contributed by atoms with Gasteiger partial charge in [-0.1, -0.05) is 41.5 Å². The zero-order chi connectivity index (χ0) is 13.7. The van der Waals surface area contributed by atoms with Gasteiger partial charge in [0.1, 0.15) is 0 Å². The first-order chi connectivity index (χ1) is 8.72. The first-order valence-corrected chi connectivity index (χ1v) is 7.76. The minimum atomic E-state index is 0.677. The van der Waals surface area contributed by atoms with Crippen LogP contribution in [0.2, 0.25) is 0 Å². The molecule has 102 valence electrons. The lowest BCUT2D eigenvalue weighted by Crippen LogP contribution is -2.07. The summed E-state index contributed by atoms with van der Waals surface area (Å²) in [6.45, 7) is 13.1. The Hall–Kier alpha value is -0.850. The molecule has 1 heteroatoms. The molecule has 0 N–H and O–H groups in total. The molecule has 0 saturated carbocycles. The summed E-state index contributed by atoms with van der Waals surface area (Å²) in [5, 5.41) is 0. The number of hydrogen-bond acceptors (Lipinski definition) is 1. The SMILES string of the molecule is CC.CCc1nc2c(c(CC)c1CC)CCC2C. The molecule has 1 aliphatic rings. The van der Waals surface area contributed by atoms with E-state index in [-0.39, 0.29) is 0 Å². The number of hydrogen-bond donors (Lipinski definition) is 0. The maximum Gasteiger partial charge on any atom is 0.0470 e. The average molecular weight is 247 g/mol. The van der Waals surface area contributed by atoms with E-state index in [2.05, 4.69) is 27.7 Å². The zero-order valence-corrected chi connectivity index (χ0v) is 13.1. The van der Waals surface area contributed by atoms with Crippen LogP contribution in [-0.2, 0) is 25.7 Å². The summed E-state index contributed by atoms with van der Waals surface area (Å²) >= 11 is 0. The van der Waals surface area contributed by atoms with Crippen molar-refractivity contribution in [2.75, 3.05) is 0 Å². The third-order valence-corrected chi connectivity index (χ3v) is 3.98. The normalized spacial score (nSPS) is 17.1. The second-order valence-electron chi connectivity index (χ2n) is 4.88. The quantitative estimate of drug-likeness (QED) is 0.744. The third kappa shape index (κ3) is 2.60. The third-order valence-electron chi connectivity index (χ3n) is 3.98. The first-order valence-electron chi connectivity index (χ1n) is 7.76. The average Bonchev–Trinajstić information content (AvgIpc) is 2.80. The first kappa shape index (κ1) is 15.2. The smallest absolute Gasteiger partial charge is 0.0470 e. The molecule has 1 aliphatic carbocycles. The minimum Gasteiger partial charge on any atom is -0.257 e. The molecule has 0 saturated heterocycles. The lowest BCUT2D eigenvalue weighted by Gasteiger charge is -2.16. The zero-order valence-electron chi connectivity index (χ0n) is 13.1. The molecule has 1 aromatic heterocycles. The molecule has 0 aromatic carbocycles. The van der Waals surface area contributed by atoms with E-state index in [0.717, 1.165) is 12.8 Å². The summed E-state index contributed by atoms with van der Waals surface area (Å²) in [5.74, 6) is 0.677. The Balaban J connectivity index is 0.000000771. The van der Waals surface area contributed by atoms with E-state index in [1.165, 1.54) is 36.2 Å². The molecule has 0 spiro atoms. The monoisotopic (exact) mass is 247 g/mol. The molecule has 0 radical (unpaired) electrons. The molecule has 0 bridgehead atoms. The van der Waals surface area contributed by atoms with Crippen LogP contribution in [0.25, 0.3) is 0 Å². The second-order valence-corrected chi connectivity index (χ2v) is 4.88. The highest BCUT2D eigenvalue weighted by Gasteiger charge is 2.25. The van der Waals surface area contributed by atoms with Crippen LogP contribution >= 0.6 is 0 Å². The van der Waals surface area contributed by atoms with Crippen LogP contribution < -0.4 is 0 Å². The Kier molecular flexibility index (Phi) is 5.84. The van der Waals surface area contributed by atoms with Crippen molar-refractivity contribution in [2.45, 2.75) is 79.6 Å². The van der Waals surface area contributed by atoms with E-state index in [4.69, 9.17) is 4.98 Å². The van der Waals surface area contributed by atoms with Crippen molar-refractivity contribution in [3.63, 3.8) is 0 Å². The van der Waals surface area contributed by atoms with Gasteiger partial charge in [-0.15, -0.1) is 0 Å². The Morgan fingerprint density at radius 3 is 2.11 bits per heavy atom. The summed E-state index contributed by atoms with van der Waals surface area (Å²) in [4.78, 5) is 4.93. The largest absolute Gasteiger partial charge is 0.257 e. The van der Waals surface area contributed by atoms with Crippen molar-refractivity contribution < 1.29 is 0 Å². The van der Waals surface area contributed by atoms with Crippen LogP contribution in [0, 0.1) is 0 Å². The van der Waals surface area contributed by atoms with Gasteiger partial charge in [0.25, 0.3) is 0 Å². The van der Waals surface area contributed by atoms with Crippen molar-refractivity contribution in [1.82, 2.24) is 4.98 Å². The van der Waals surface area contributed by atoms with Crippen molar-refractivity contribution in [3.05, 3.63) is 28.1 Å². The van der Waals surface area contributed by atoms with E-state index in [1.807, 2.05) is 13.8 Å². The lowest BCUT2D eigenvalue weighted by molar-refractivity contribution is 0.726. The molecule has 2 rings (SSSR count). The molecule has 1 unspecified atom stereocenters. The molecule has 1 aromatic rings. The van der Waals surface area contributed by atoms with Gasteiger partial charge in [-0.2, -0.15) is 0 Å². The molecule has 0 fully saturated rings. The van der Waals surface area contributed by atoms with E-state index in [9.17, 15) is 0 Å². The topological polar surface area (TPSA) is 12.9 Å². The number of nitrogens with zero attached hydrogens (tertiary/aromatic N) is 1. The van der Waals surface area contributed by atoms with Crippen LogP contribution in [0.15, 0.2) is 0 Å². The molecule has 1 atom stereocenters. The molecule has 18 heavy (non-hydrogen) atoms. The van der Waals surface area contributed by atoms with Gasteiger partial charge in [-0.3, -0.25) is 4.98 Å². The summed E-state index contributed by atoms with van der Waals surface area (Å²) in [6, 6.07) is 0. The van der Waals surface area contributed by atoms with Crippen LogP contribution in [0.5, 0.6) is 0 Å². The molecule has 0 aliphatic heterocycles. The predicted octanol–water partition coefficient (Wildman–Crippen LogP) is 4.84. The van der Waals surface area contributed by atoms with Crippen LogP contribution in [0.1, 0.15) is 82.0 Å². The van der Waals surface area contributed by atoms with E-state index in [0.29, 0.717) is 5.92 Å². The highest BCUT2D eigenvalue weighted by molar-refractivity contribution is 5.44. The van der Waals surface area contributed by atoms with Gasteiger partial charge < -0.3 is 0 Å². The maximum absolute atomic E-state index is 4.93. The minimum absolute atomic E-state index is 0.677. The summed E-state index contributed by atoms with van der Waals surface area (Å²) < 4.78 is 0. The fraction of sp³-hybridized carbons (Fsp3) is 0.706. The molecule has 1 heterocycles. The number of aromatic nitrogens is 1. The Bertz CT molecular complexity index is 389. The maximum atomic E-state index is 4.93. The predicted molar refractivity (Wildman–Crippen MR) is 80.5 cm³/mol. The van der Waals surface area contributed by atoms with Gasteiger partial charge in [0.2, 0.25) is 0 Å². The number of pyridine rings is 1. The van der Waals surface area contributed by atoms with Gasteiger partial charge >= 0.3 is 0 Å². The van der Waals surface area contributed by atoms with E-state index in [1.54, 1.807) is 11.1 Å². The van der Waals surface area contributed by atoms with Gasteiger partial charge in [0.05, 0.1) is 0 Å². The Morgan fingerprint density at radius 1 is 1.00 bits per heavy atom. The highest BCUT2D eigenvalue weighted by atomic mass is 14.7. The molecule has 1 nitrogen and oxygen atoms in total. The molecular weight excluding hydrogens is 218 g/mol. The number of rotatable bonds is 3. The fourth-order valence-corrected chi connectivity index (χ4v) is 3.11. The second kappa shape index (κ2) is 6.92. The number of fused-ring (bicyclic) bond motifs is 1. The van der Waals surface area contributed by atoms with Gasteiger partial charge in [0.15, 0.2) is 0 Å². The van der Waals surface area contributed by atoms with Gasteiger partial charge in [-0.05, 0) is 54.7 Å².